The lowest BCUT2D eigenvalue weighted by Crippen LogP contribution is -2.50. The molecule has 3 amide bonds. The molecule has 0 bridgehead atoms. The maximum Gasteiger partial charge on any atom is 0.320 e. The summed E-state index contributed by atoms with van der Waals surface area (Å²) in [5, 5.41) is 0. The summed E-state index contributed by atoms with van der Waals surface area (Å²) >= 11 is 0. The van der Waals surface area contributed by atoms with Crippen molar-refractivity contribution in [3.05, 3.63) is 48.7 Å². The van der Waals surface area contributed by atoms with Gasteiger partial charge >= 0.3 is 6.03 Å². The molecule has 4 rings (SSSR count). The second-order valence-electron chi connectivity index (χ2n) is 11.2. The Labute approximate surface area is 239 Å². The summed E-state index contributed by atoms with van der Waals surface area (Å²) in [6.07, 6.45) is 11.3. The number of carbonyl (C=O) groups is 2. The zero-order valence-corrected chi connectivity index (χ0v) is 25.8. The molecule has 2 saturated heterocycles. The number of rotatable bonds is 10. The standard InChI is InChI=1S/C27H41N3O2.C3H9P.CH3NO/c1-4-28(16-8-11-23-9-6-5-7-10-23)25-12-15-27(19-25)21-29(26(31)30(27)22(2)3)20-24-13-17-32-18-14-24;1-3-4-2;2-1-3/h4-7,9-10,22,24-25H,1,8,11-21H2,2-3H3;4H,3H2,1-2H3;1H,(H2,2,3). The molecule has 2 heterocycles. The fourth-order valence-corrected chi connectivity index (χ4v) is 6.26. The van der Waals surface area contributed by atoms with Crippen LogP contribution in [-0.4, -0.2) is 90.4 Å². The first-order valence-electron chi connectivity index (χ1n) is 14.7. The fraction of sp³-hybridized carbons (Fsp3) is 0.677. The van der Waals surface area contributed by atoms with Crippen molar-refractivity contribution in [1.29, 1.82) is 0 Å². The number of nitrogens with two attached hydrogens (primary N) is 1. The number of carbonyl (C=O) groups excluding carboxylic acids is 2. The molecule has 3 fully saturated rings. The van der Waals surface area contributed by atoms with Crippen LogP contribution >= 0.6 is 8.58 Å². The minimum absolute atomic E-state index is 0.0260. The van der Waals surface area contributed by atoms with Gasteiger partial charge in [-0.2, -0.15) is 0 Å². The van der Waals surface area contributed by atoms with Crippen molar-refractivity contribution in [2.45, 2.75) is 83.3 Å². The van der Waals surface area contributed by atoms with Crippen LogP contribution in [0.4, 0.5) is 4.79 Å². The van der Waals surface area contributed by atoms with Gasteiger partial charge in [-0.25, -0.2) is 4.79 Å². The minimum Gasteiger partial charge on any atom is -0.381 e. The van der Waals surface area contributed by atoms with Gasteiger partial charge in [0.1, 0.15) is 0 Å². The Bertz CT molecular complexity index is 847. The average molecular weight is 561 g/mol. The van der Waals surface area contributed by atoms with Crippen molar-refractivity contribution in [3.63, 3.8) is 0 Å². The predicted octanol–water partition coefficient (Wildman–Crippen LogP) is 5.34. The summed E-state index contributed by atoms with van der Waals surface area (Å²) in [4.78, 5) is 28.9. The average Bonchev–Trinajstić information content (AvgIpc) is 3.48. The van der Waals surface area contributed by atoms with Crippen LogP contribution in [0, 0.1) is 5.92 Å². The Balaban J connectivity index is 0.000000686. The molecule has 3 unspecified atom stereocenters. The van der Waals surface area contributed by atoms with Crippen molar-refractivity contribution >= 4 is 21.0 Å². The summed E-state index contributed by atoms with van der Waals surface area (Å²) in [7, 11) is 1.14. The molecule has 39 heavy (non-hydrogen) atoms. The summed E-state index contributed by atoms with van der Waals surface area (Å²) in [6.45, 7) is 17.4. The first kappa shape index (κ1) is 33.1. The molecule has 220 valence electrons. The Morgan fingerprint density at radius 2 is 1.87 bits per heavy atom. The Morgan fingerprint density at radius 1 is 1.23 bits per heavy atom. The van der Waals surface area contributed by atoms with Gasteiger partial charge < -0.3 is 25.2 Å². The van der Waals surface area contributed by atoms with E-state index in [1.54, 1.807) is 0 Å². The van der Waals surface area contributed by atoms with E-state index in [1.807, 2.05) is 6.20 Å². The number of benzene rings is 1. The summed E-state index contributed by atoms with van der Waals surface area (Å²) < 4.78 is 5.53. The molecule has 0 radical (unpaired) electrons. The highest BCUT2D eigenvalue weighted by molar-refractivity contribution is 7.36. The van der Waals surface area contributed by atoms with E-state index in [1.165, 1.54) is 11.7 Å². The van der Waals surface area contributed by atoms with Crippen LogP contribution in [0.15, 0.2) is 43.1 Å². The first-order chi connectivity index (χ1) is 18.8. The van der Waals surface area contributed by atoms with Crippen molar-refractivity contribution in [1.82, 2.24) is 14.7 Å². The summed E-state index contributed by atoms with van der Waals surface area (Å²) in [5.41, 5.74) is 5.54. The number of amides is 3. The van der Waals surface area contributed by atoms with Gasteiger partial charge in [0.25, 0.3) is 0 Å². The molecule has 3 aliphatic rings. The zero-order chi connectivity index (χ0) is 28.7. The molecule has 1 spiro atoms. The van der Waals surface area contributed by atoms with Crippen LogP contribution in [0.25, 0.3) is 0 Å². The third-order valence-electron chi connectivity index (χ3n) is 8.15. The normalized spacial score (nSPS) is 23.1. The summed E-state index contributed by atoms with van der Waals surface area (Å²) in [6, 6.07) is 11.7. The second-order valence-corrected chi connectivity index (χ2v) is 12.6. The van der Waals surface area contributed by atoms with Crippen molar-refractivity contribution in [3.8, 4) is 0 Å². The highest BCUT2D eigenvalue weighted by atomic mass is 31.1. The van der Waals surface area contributed by atoms with Gasteiger partial charge in [-0.3, -0.25) is 4.79 Å². The SMILES string of the molecule is C=CN(CCCc1ccccc1)C1CCC2(C1)CN(CC1CCOCC1)C(=O)N2C(C)C.CCPC.NC=O. The number of primary amides is 1. The van der Waals surface area contributed by atoms with E-state index in [-0.39, 0.29) is 24.0 Å². The van der Waals surface area contributed by atoms with Crippen LogP contribution in [0.5, 0.6) is 0 Å². The van der Waals surface area contributed by atoms with Gasteiger partial charge in [0.15, 0.2) is 0 Å². The monoisotopic (exact) mass is 560 g/mol. The Morgan fingerprint density at radius 3 is 2.44 bits per heavy atom. The maximum absolute atomic E-state index is 13.4. The van der Waals surface area contributed by atoms with Gasteiger partial charge in [-0.15, -0.1) is 8.58 Å². The second kappa shape index (κ2) is 17.6. The predicted molar refractivity (Wildman–Crippen MR) is 165 cm³/mol. The van der Waals surface area contributed by atoms with Crippen molar-refractivity contribution in [2.75, 3.05) is 45.7 Å². The molecule has 1 saturated carbocycles. The Kier molecular flexibility index (Phi) is 14.9. The fourth-order valence-electron chi connectivity index (χ4n) is 6.26. The lowest BCUT2D eigenvalue weighted by molar-refractivity contribution is -0.106. The molecule has 2 N–H and O–H groups in total. The number of ether oxygens (including phenoxy) is 1. The quantitative estimate of drug-likeness (QED) is 0.309. The van der Waals surface area contributed by atoms with E-state index >= 15 is 0 Å². The van der Waals surface area contributed by atoms with Gasteiger partial charge in [-0.05, 0) is 89.3 Å². The van der Waals surface area contributed by atoms with Crippen LogP contribution in [-0.2, 0) is 16.0 Å². The molecule has 1 aromatic rings. The zero-order valence-electron chi connectivity index (χ0n) is 24.8. The van der Waals surface area contributed by atoms with Crippen molar-refractivity contribution < 1.29 is 14.3 Å². The molecule has 8 heteroatoms. The smallest absolute Gasteiger partial charge is 0.320 e. The number of nitrogens with zero attached hydrogens (tertiary/aromatic N) is 3. The lowest BCUT2D eigenvalue weighted by atomic mass is 9.94. The number of urea groups is 1. The summed E-state index contributed by atoms with van der Waals surface area (Å²) in [5.74, 6) is 0.580. The van der Waals surface area contributed by atoms with Crippen LogP contribution < -0.4 is 5.73 Å². The largest absolute Gasteiger partial charge is 0.381 e. The molecule has 1 aliphatic carbocycles. The lowest BCUT2D eigenvalue weighted by Gasteiger charge is -2.37. The molecular formula is C31H53N4O3P. The van der Waals surface area contributed by atoms with Crippen molar-refractivity contribution in [2.24, 2.45) is 11.7 Å². The number of hydrogen-bond acceptors (Lipinski definition) is 4. The molecule has 2 aliphatic heterocycles. The van der Waals surface area contributed by atoms with E-state index in [2.05, 4.69) is 84.8 Å². The molecule has 1 aromatic carbocycles. The topological polar surface area (TPSA) is 79.1 Å². The van der Waals surface area contributed by atoms with E-state index in [4.69, 9.17) is 9.53 Å². The molecule has 7 nitrogen and oxygen atoms in total. The molecule has 3 atom stereocenters. The van der Waals surface area contributed by atoms with E-state index in [0.29, 0.717) is 12.0 Å². The van der Waals surface area contributed by atoms with E-state index < -0.39 is 0 Å². The van der Waals surface area contributed by atoms with Gasteiger partial charge in [0.2, 0.25) is 6.41 Å². The third kappa shape index (κ3) is 9.79. The highest BCUT2D eigenvalue weighted by Gasteiger charge is 2.54. The van der Waals surface area contributed by atoms with Crippen LogP contribution in [0.2, 0.25) is 0 Å². The third-order valence-corrected chi connectivity index (χ3v) is 8.86. The van der Waals surface area contributed by atoms with E-state index in [9.17, 15) is 4.79 Å². The number of hydrogen-bond donors (Lipinski definition) is 1. The number of aryl methyl sites for hydroxylation is 1. The van der Waals surface area contributed by atoms with Crippen LogP contribution in [0.1, 0.15) is 64.9 Å². The highest BCUT2D eigenvalue weighted by Crippen LogP contribution is 2.44. The van der Waals surface area contributed by atoms with Gasteiger partial charge in [0.05, 0.1) is 5.54 Å². The first-order valence-corrected chi connectivity index (χ1v) is 16.4. The van der Waals surface area contributed by atoms with Gasteiger partial charge in [0, 0.05) is 44.9 Å². The van der Waals surface area contributed by atoms with Gasteiger partial charge in [-0.1, -0.05) is 43.8 Å². The van der Waals surface area contributed by atoms with Crippen LogP contribution in [0.3, 0.4) is 0 Å². The van der Waals surface area contributed by atoms with E-state index in [0.717, 1.165) is 86.4 Å². The Hall–Kier alpha value is -2.11. The maximum atomic E-state index is 13.4. The molecular weight excluding hydrogens is 507 g/mol. The minimum atomic E-state index is -0.0260. The molecule has 0 aromatic heterocycles.